The smallest absolute Gasteiger partial charge is 0.189 e. The van der Waals surface area contributed by atoms with Gasteiger partial charge in [0.15, 0.2) is 6.79 Å². The fourth-order valence-electron chi connectivity index (χ4n) is 2.75. The Balaban J connectivity index is 1.69. The third-order valence-electron chi connectivity index (χ3n) is 4.16. The zero-order valence-electron chi connectivity index (χ0n) is 14.3. The maximum atomic E-state index is 11.1. The number of hydrogen-bond acceptors (Lipinski definition) is 3. The molecule has 3 aromatic rings. The average molecular weight is 334 g/mol. The standard InChI is InChI=1S/C22H22O3/c1-22(23,19-12-6-3-7-13-19)20-14-8-9-15-21(20)25-17-24-16-18-10-4-2-5-11-18/h2-15,23H,16-17H2,1H3. The highest BCUT2D eigenvalue weighted by Gasteiger charge is 2.28. The first-order valence-electron chi connectivity index (χ1n) is 8.30. The SMILES string of the molecule is CC(O)(c1ccccc1)c1ccccc1OCOCc1ccccc1. The van der Waals surface area contributed by atoms with Gasteiger partial charge in [-0.1, -0.05) is 78.9 Å². The summed E-state index contributed by atoms with van der Waals surface area (Å²) < 4.78 is 11.4. The fraction of sp³-hybridized carbons (Fsp3) is 0.182. The number of ether oxygens (including phenoxy) is 2. The van der Waals surface area contributed by atoms with Gasteiger partial charge in [-0.2, -0.15) is 0 Å². The van der Waals surface area contributed by atoms with Crippen molar-refractivity contribution in [2.45, 2.75) is 19.1 Å². The van der Waals surface area contributed by atoms with Crippen molar-refractivity contribution in [3.8, 4) is 5.75 Å². The van der Waals surface area contributed by atoms with Crippen molar-refractivity contribution >= 4 is 0 Å². The molecule has 25 heavy (non-hydrogen) atoms. The number of para-hydroxylation sites is 1. The van der Waals surface area contributed by atoms with E-state index in [1.165, 1.54) is 0 Å². The summed E-state index contributed by atoms with van der Waals surface area (Å²) in [5.74, 6) is 0.615. The molecule has 1 atom stereocenters. The highest BCUT2D eigenvalue weighted by atomic mass is 16.7. The van der Waals surface area contributed by atoms with Crippen LogP contribution in [0.15, 0.2) is 84.9 Å². The van der Waals surface area contributed by atoms with Crippen molar-refractivity contribution in [1.29, 1.82) is 0 Å². The molecule has 128 valence electrons. The van der Waals surface area contributed by atoms with Gasteiger partial charge < -0.3 is 14.6 Å². The molecule has 0 bridgehead atoms. The van der Waals surface area contributed by atoms with Gasteiger partial charge in [-0.3, -0.25) is 0 Å². The van der Waals surface area contributed by atoms with Crippen LogP contribution in [0.25, 0.3) is 0 Å². The summed E-state index contributed by atoms with van der Waals surface area (Å²) >= 11 is 0. The molecule has 1 unspecified atom stereocenters. The quantitative estimate of drug-likeness (QED) is 0.511. The van der Waals surface area contributed by atoms with Crippen LogP contribution in [0.1, 0.15) is 23.6 Å². The van der Waals surface area contributed by atoms with E-state index in [4.69, 9.17) is 9.47 Å². The lowest BCUT2D eigenvalue weighted by atomic mass is 9.88. The molecule has 0 amide bonds. The molecule has 0 spiro atoms. The van der Waals surface area contributed by atoms with E-state index < -0.39 is 5.60 Å². The van der Waals surface area contributed by atoms with E-state index in [9.17, 15) is 5.11 Å². The third kappa shape index (κ3) is 4.27. The number of aliphatic hydroxyl groups is 1. The van der Waals surface area contributed by atoms with Crippen LogP contribution in [-0.2, 0) is 16.9 Å². The third-order valence-corrected chi connectivity index (χ3v) is 4.16. The Morgan fingerprint density at radius 3 is 2.12 bits per heavy atom. The molecular weight excluding hydrogens is 312 g/mol. The number of hydrogen-bond donors (Lipinski definition) is 1. The van der Waals surface area contributed by atoms with E-state index in [0.29, 0.717) is 17.9 Å². The number of benzene rings is 3. The molecule has 0 aliphatic rings. The van der Waals surface area contributed by atoms with Crippen molar-refractivity contribution in [1.82, 2.24) is 0 Å². The van der Waals surface area contributed by atoms with Crippen LogP contribution in [0.3, 0.4) is 0 Å². The molecule has 0 aliphatic heterocycles. The van der Waals surface area contributed by atoms with Crippen molar-refractivity contribution in [3.05, 3.63) is 102 Å². The van der Waals surface area contributed by atoms with Crippen LogP contribution in [0.5, 0.6) is 5.75 Å². The largest absolute Gasteiger partial charge is 0.467 e. The van der Waals surface area contributed by atoms with E-state index in [2.05, 4.69) is 0 Å². The summed E-state index contributed by atoms with van der Waals surface area (Å²) in [5, 5.41) is 11.1. The predicted molar refractivity (Wildman–Crippen MR) is 98.3 cm³/mol. The first-order valence-corrected chi connectivity index (χ1v) is 8.30. The Morgan fingerprint density at radius 1 is 0.800 bits per heavy atom. The molecule has 3 heteroatoms. The molecule has 0 aromatic heterocycles. The van der Waals surface area contributed by atoms with Crippen LogP contribution in [0.4, 0.5) is 0 Å². The van der Waals surface area contributed by atoms with Gasteiger partial charge in [0.25, 0.3) is 0 Å². The monoisotopic (exact) mass is 334 g/mol. The molecule has 3 rings (SSSR count). The highest BCUT2D eigenvalue weighted by Crippen LogP contribution is 2.35. The second-order valence-corrected chi connectivity index (χ2v) is 6.03. The summed E-state index contributed by atoms with van der Waals surface area (Å²) in [6.45, 7) is 2.38. The van der Waals surface area contributed by atoms with Crippen molar-refractivity contribution < 1.29 is 14.6 Å². The Morgan fingerprint density at radius 2 is 1.40 bits per heavy atom. The van der Waals surface area contributed by atoms with E-state index >= 15 is 0 Å². The zero-order chi connectivity index (χ0) is 17.5. The van der Waals surface area contributed by atoms with Crippen LogP contribution in [0.2, 0.25) is 0 Å². The molecule has 0 saturated carbocycles. The van der Waals surface area contributed by atoms with Gasteiger partial charge in [-0.15, -0.1) is 0 Å². The first kappa shape index (κ1) is 17.2. The van der Waals surface area contributed by atoms with Gasteiger partial charge in [0, 0.05) is 5.56 Å². The molecule has 0 heterocycles. The van der Waals surface area contributed by atoms with Crippen LogP contribution in [0, 0.1) is 0 Å². The average Bonchev–Trinajstić information content (AvgIpc) is 2.67. The van der Waals surface area contributed by atoms with Crippen LogP contribution >= 0.6 is 0 Å². The Kier molecular flexibility index (Phi) is 5.49. The lowest BCUT2D eigenvalue weighted by Gasteiger charge is -2.26. The molecular formula is C22H22O3. The van der Waals surface area contributed by atoms with Crippen LogP contribution in [-0.4, -0.2) is 11.9 Å². The van der Waals surface area contributed by atoms with Gasteiger partial charge >= 0.3 is 0 Å². The Hall–Kier alpha value is -2.62. The fourth-order valence-corrected chi connectivity index (χ4v) is 2.75. The number of rotatable bonds is 7. The van der Waals surface area contributed by atoms with E-state index in [-0.39, 0.29) is 6.79 Å². The second kappa shape index (κ2) is 7.97. The molecule has 0 aliphatic carbocycles. The summed E-state index contributed by atoms with van der Waals surface area (Å²) in [6, 6.07) is 27.0. The van der Waals surface area contributed by atoms with Gasteiger partial charge in [0.1, 0.15) is 11.4 Å². The van der Waals surface area contributed by atoms with Gasteiger partial charge in [-0.25, -0.2) is 0 Å². The summed E-state index contributed by atoms with van der Waals surface area (Å²) in [6.07, 6.45) is 0. The van der Waals surface area contributed by atoms with Crippen molar-refractivity contribution in [2.75, 3.05) is 6.79 Å². The maximum Gasteiger partial charge on any atom is 0.189 e. The molecule has 3 nitrogen and oxygen atoms in total. The lowest BCUT2D eigenvalue weighted by Crippen LogP contribution is -2.24. The lowest BCUT2D eigenvalue weighted by molar-refractivity contribution is 0.00155. The molecule has 1 N–H and O–H groups in total. The molecule has 0 saturated heterocycles. The zero-order valence-corrected chi connectivity index (χ0v) is 14.3. The normalized spacial score (nSPS) is 13.2. The van der Waals surface area contributed by atoms with Crippen molar-refractivity contribution in [2.24, 2.45) is 0 Å². The second-order valence-electron chi connectivity index (χ2n) is 6.03. The van der Waals surface area contributed by atoms with Crippen molar-refractivity contribution in [3.63, 3.8) is 0 Å². The minimum absolute atomic E-state index is 0.122. The minimum Gasteiger partial charge on any atom is -0.467 e. The minimum atomic E-state index is -1.14. The predicted octanol–water partition coefficient (Wildman–Crippen LogP) is 4.50. The summed E-state index contributed by atoms with van der Waals surface area (Å²) in [5.41, 5.74) is 1.48. The van der Waals surface area contributed by atoms with E-state index in [0.717, 1.165) is 11.1 Å². The Bertz CT molecular complexity index is 783. The van der Waals surface area contributed by atoms with Gasteiger partial charge in [-0.05, 0) is 24.1 Å². The topological polar surface area (TPSA) is 38.7 Å². The van der Waals surface area contributed by atoms with E-state index in [1.807, 2.05) is 84.9 Å². The highest BCUT2D eigenvalue weighted by molar-refractivity contribution is 5.44. The molecule has 0 fully saturated rings. The van der Waals surface area contributed by atoms with Gasteiger partial charge in [0.05, 0.1) is 6.61 Å². The van der Waals surface area contributed by atoms with Gasteiger partial charge in [0.2, 0.25) is 0 Å². The maximum absolute atomic E-state index is 11.1. The molecule has 0 radical (unpaired) electrons. The van der Waals surface area contributed by atoms with E-state index in [1.54, 1.807) is 6.92 Å². The summed E-state index contributed by atoms with van der Waals surface area (Å²) in [7, 11) is 0. The Labute approximate surface area is 148 Å². The molecule has 3 aromatic carbocycles. The van der Waals surface area contributed by atoms with Crippen LogP contribution < -0.4 is 4.74 Å². The first-order chi connectivity index (χ1) is 12.2. The summed E-state index contributed by atoms with van der Waals surface area (Å²) in [4.78, 5) is 0.